The maximum absolute atomic E-state index is 11.4. The van der Waals surface area contributed by atoms with E-state index >= 15 is 0 Å². The molecule has 0 N–H and O–H groups in total. The highest BCUT2D eigenvalue weighted by atomic mass is 16.6. The maximum atomic E-state index is 11.4. The molecular weight excluding hydrogens is 344 g/mol. The van der Waals surface area contributed by atoms with Gasteiger partial charge in [-0.3, -0.25) is 0 Å². The van der Waals surface area contributed by atoms with Crippen LogP contribution in [0.25, 0.3) is 0 Å². The lowest BCUT2D eigenvalue weighted by atomic mass is 9.89. The van der Waals surface area contributed by atoms with E-state index in [1.165, 1.54) is 33.0 Å². The van der Waals surface area contributed by atoms with Crippen LogP contribution in [-0.4, -0.2) is 39.0 Å². The molecule has 1 fully saturated rings. The second-order valence-corrected chi connectivity index (χ2v) is 6.96. The Morgan fingerprint density at radius 2 is 1.70 bits per heavy atom. The minimum absolute atomic E-state index is 0.0931. The molecule has 0 amide bonds. The van der Waals surface area contributed by atoms with Crippen molar-refractivity contribution in [3.05, 3.63) is 59.6 Å². The topological polar surface area (TPSA) is 57.3 Å². The van der Waals surface area contributed by atoms with Gasteiger partial charge in [-0.05, 0) is 44.8 Å². The number of esters is 1. The number of carbonyl (C=O) groups is 1. The minimum Gasteiger partial charge on any atom is -0.493 e. The fourth-order valence-electron chi connectivity index (χ4n) is 2.80. The summed E-state index contributed by atoms with van der Waals surface area (Å²) in [6, 6.07) is 0. The average molecular weight is 376 g/mol. The van der Waals surface area contributed by atoms with Gasteiger partial charge >= 0.3 is 5.97 Å². The third-order valence-electron chi connectivity index (χ3n) is 4.74. The summed E-state index contributed by atoms with van der Waals surface area (Å²) in [5.41, 5.74) is 2.13. The summed E-state index contributed by atoms with van der Waals surface area (Å²) < 4.78 is 20.9. The Bertz CT molecular complexity index is 668. The van der Waals surface area contributed by atoms with E-state index in [4.69, 9.17) is 14.2 Å². The first-order valence-corrected chi connectivity index (χ1v) is 8.95. The van der Waals surface area contributed by atoms with E-state index < -0.39 is 5.97 Å². The minimum atomic E-state index is -0.505. The van der Waals surface area contributed by atoms with Gasteiger partial charge in [-0.1, -0.05) is 30.7 Å². The largest absolute Gasteiger partial charge is 0.493 e. The predicted octanol–water partition coefficient (Wildman–Crippen LogP) is 4.48. The Hall–Kier alpha value is -2.27. The third-order valence-corrected chi connectivity index (χ3v) is 4.74. The lowest BCUT2D eigenvalue weighted by molar-refractivity contribution is -0.135. The van der Waals surface area contributed by atoms with E-state index in [0.29, 0.717) is 17.4 Å². The molecule has 1 saturated heterocycles. The smallest absolute Gasteiger partial charge is 0.334 e. The molecule has 0 bridgehead atoms. The first kappa shape index (κ1) is 22.8. The van der Waals surface area contributed by atoms with Crippen molar-refractivity contribution in [1.82, 2.24) is 0 Å². The Morgan fingerprint density at radius 3 is 2.19 bits per heavy atom. The van der Waals surface area contributed by atoms with E-state index in [-0.39, 0.29) is 11.7 Å². The number of carbonyl (C=O) groups excluding carboxylic acids is 1. The number of epoxide rings is 1. The monoisotopic (exact) mass is 376 g/mol. The summed E-state index contributed by atoms with van der Waals surface area (Å²) >= 11 is 0. The van der Waals surface area contributed by atoms with Gasteiger partial charge in [0.1, 0.15) is 6.10 Å². The lowest BCUT2D eigenvalue weighted by Gasteiger charge is -2.15. The molecule has 3 atom stereocenters. The first-order valence-electron chi connectivity index (χ1n) is 8.95. The number of ether oxygens (including phenoxy) is 4. The molecule has 27 heavy (non-hydrogen) atoms. The molecule has 5 nitrogen and oxygen atoms in total. The molecule has 0 aromatic heterocycles. The van der Waals surface area contributed by atoms with Crippen LogP contribution in [0.5, 0.6) is 0 Å². The van der Waals surface area contributed by atoms with Gasteiger partial charge < -0.3 is 18.9 Å². The molecule has 0 aromatic rings. The quantitative estimate of drug-likeness (QED) is 0.140. The standard InChI is InChI=1S/C22H32O5/c1-9-20-22(5,27-20)14-17(4)16(3)11-10-15(2)12-18(24-6)19(25-7)13-21(23)26-8/h9-13,17,20H,1,14H2,2-8H3. The Kier molecular flexibility index (Phi) is 8.57. The van der Waals surface area contributed by atoms with Crippen molar-refractivity contribution in [3.63, 3.8) is 0 Å². The summed E-state index contributed by atoms with van der Waals surface area (Å²) in [6.45, 7) is 12.2. The summed E-state index contributed by atoms with van der Waals surface area (Å²) in [5.74, 6) is 0.641. The molecule has 1 rings (SSSR count). The predicted molar refractivity (Wildman–Crippen MR) is 107 cm³/mol. The summed E-state index contributed by atoms with van der Waals surface area (Å²) in [4.78, 5) is 11.4. The summed E-state index contributed by atoms with van der Waals surface area (Å²) in [7, 11) is 4.31. The second-order valence-electron chi connectivity index (χ2n) is 6.96. The maximum Gasteiger partial charge on any atom is 0.334 e. The number of methoxy groups -OCH3 is 3. The van der Waals surface area contributed by atoms with Crippen LogP contribution in [-0.2, 0) is 23.7 Å². The van der Waals surface area contributed by atoms with Gasteiger partial charge in [0, 0.05) is 0 Å². The second kappa shape index (κ2) is 10.2. The van der Waals surface area contributed by atoms with Gasteiger partial charge in [-0.15, -0.1) is 6.58 Å². The van der Waals surface area contributed by atoms with Gasteiger partial charge in [0.25, 0.3) is 0 Å². The van der Waals surface area contributed by atoms with Gasteiger partial charge in [-0.25, -0.2) is 4.79 Å². The van der Waals surface area contributed by atoms with Gasteiger partial charge in [0.2, 0.25) is 0 Å². The zero-order chi connectivity index (χ0) is 20.6. The molecule has 1 aliphatic rings. The van der Waals surface area contributed by atoms with E-state index in [0.717, 1.165) is 12.0 Å². The third kappa shape index (κ3) is 6.75. The van der Waals surface area contributed by atoms with Crippen LogP contribution in [0.4, 0.5) is 0 Å². The van der Waals surface area contributed by atoms with Crippen LogP contribution in [0, 0.1) is 5.92 Å². The number of hydrogen-bond donors (Lipinski definition) is 0. The molecule has 1 heterocycles. The molecule has 0 radical (unpaired) electrons. The molecule has 0 saturated carbocycles. The Labute approximate surface area is 163 Å². The Balaban J connectivity index is 2.87. The van der Waals surface area contributed by atoms with E-state index in [9.17, 15) is 4.79 Å². The molecule has 1 aliphatic heterocycles. The number of allylic oxidation sites excluding steroid dienone is 5. The van der Waals surface area contributed by atoms with Crippen LogP contribution in [0.3, 0.4) is 0 Å². The zero-order valence-electron chi connectivity index (χ0n) is 17.5. The zero-order valence-corrected chi connectivity index (χ0v) is 17.5. The fourth-order valence-corrected chi connectivity index (χ4v) is 2.80. The molecule has 5 heteroatoms. The van der Waals surface area contributed by atoms with Crippen molar-refractivity contribution in [2.24, 2.45) is 5.92 Å². The highest BCUT2D eigenvalue weighted by molar-refractivity contribution is 5.83. The SMILES string of the molecule is C=CC1OC1(C)CC(C)C(C)=CC=C(C)C=C(OC)C(=CC(=O)OC)OC. The molecular formula is C22H32O5. The molecule has 0 spiro atoms. The van der Waals surface area contributed by atoms with Crippen molar-refractivity contribution in [2.45, 2.75) is 45.8 Å². The van der Waals surface area contributed by atoms with E-state index in [2.05, 4.69) is 38.2 Å². The van der Waals surface area contributed by atoms with Crippen molar-refractivity contribution in [2.75, 3.05) is 21.3 Å². The fraction of sp³-hybridized carbons (Fsp3) is 0.500. The van der Waals surface area contributed by atoms with Crippen LogP contribution >= 0.6 is 0 Å². The number of rotatable bonds is 10. The molecule has 150 valence electrons. The van der Waals surface area contributed by atoms with Crippen LogP contribution in [0.1, 0.15) is 34.1 Å². The normalized spacial score (nSPS) is 24.9. The van der Waals surface area contributed by atoms with Crippen LogP contribution < -0.4 is 0 Å². The van der Waals surface area contributed by atoms with Gasteiger partial charge in [-0.2, -0.15) is 0 Å². The average Bonchev–Trinajstić information content (AvgIpc) is 3.31. The van der Waals surface area contributed by atoms with Crippen molar-refractivity contribution in [1.29, 1.82) is 0 Å². The highest BCUT2D eigenvalue weighted by Gasteiger charge is 2.50. The summed E-state index contributed by atoms with van der Waals surface area (Å²) in [5, 5.41) is 0. The first-order chi connectivity index (χ1) is 12.7. The summed E-state index contributed by atoms with van der Waals surface area (Å²) in [6.07, 6.45) is 10.1. The van der Waals surface area contributed by atoms with Gasteiger partial charge in [0.05, 0.1) is 33.0 Å². The molecule has 0 aliphatic carbocycles. The lowest BCUT2D eigenvalue weighted by Crippen LogP contribution is -2.14. The van der Waals surface area contributed by atoms with E-state index in [1.807, 2.05) is 25.2 Å². The molecule has 0 aromatic carbocycles. The van der Waals surface area contributed by atoms with Crippen molar-refractivity contribution >= 4 is 5.97 Å². The van der Waals surface area contributed by atoms with Crippen LogP contribution in [0.15, 0.2) is 59.6 Å². The van der Waals surface area contributed by atoms with Gasteiger partial charge in [0.15, 0.2) is 11.5 Å². The molecule has 3 unspecified atom stereocenters. The Morgan fingerprint density at radius 1 is 1.11 bits per heavy atom. The van der Waals surface area contributed by atoms with Crippen molar-refractivity contribution in [3.8, 4) is 0 Å². The van der Waals surface area contributed by atoms with Crippen molar-refractivity contribution < 1.29 is 23.7 Å². The van der Waals surface area contributed by atoms with Crippen LogP contribution in [0.2, 0.25) is 0 Å². The highest BCUT2D eigenvalue weighted by Crippen LogP contribution is 2.43. The number of hydrogen-bond acceptors (Lipinski definition) is 5. The van der Waals surface area contributed by atoms with E-state index in [1.54, 1.807) is 0 Å².